The molecule has 0 aliphatic rings. The van der Waals surface area contributed by atoms with Crippen LogP contribution < -0.4 is 15.4 Å². The third-order valence-electron chi connectivity index (χ3n) is 4.94. The fraction of sp³-hybridized carbons (Fsp3) is 0.154. The van der Waals surface area contributed by atoms with E-state index in [1.54, 1.807) is 55.8 Å². The number of nitrogens with zero attached hydrogens (tertiary/aromatic N) is 4. The average molecular weight is 455 g/mol. The van der Waals surface area contributed by atoms with Gasteiger partial charge in [0.2, 0.25) is 11.8 Å². The van der Waals surface area contributed by atoms with Gasteiger partial charge in [-0.1, -0.05) is 12.1 Å². The van der Waals surface area contributed by atoms with Crippen molar-refractivity contribution in [1.29, 1.82) is 0 Å². The monoisotopic (exact) mass is 454 g/mol. The van der Waals surface area contributed by atoms with Crippen molar-refractivity contribution >= 4 is 17.5 Å². The van der Waals surface area contributed by atoms with Crippen LogP contribution in [0.1, 0.15) is 15.9 Å². The Morgan fingerprint density at radius 3 is 2.56 bits per heavy atom. The van der Waals surface area contributed by atoms with E-state index in [0.29, 0.717) is 34.5 Å². The maximum Gasteiger partial charge on any atom is 0.255 e. The maximum atomic E-state index is 12.7. The highest BCUT2D eigenvalue weighted by molar-refractivity contribution is 6.04. The second-order valence-corrected chi connectivity index (χ2v) is 7.89. The Balaban J connectivity index is 1.46. The van der Waals surface area contributed by atoms with Gasteiger partial charge in [-0.05, 0) is 74.3 Å². The van der Waals surface area contributed by atoms with Gasteiger partial charge in [-0.25, -0.2) is 15.0 Å². The van der Waals surface area contributed by atoms with Crippen molar-refractivity contribution in [2.75, 3.05) is 31.8 Å². The molecule has 4 rings (SSSR count). The molecule has 0 fully saturated rings. The standard InChI is InChI=1S/C26H26N6O2/c1-27-26-29-15-13-23(31-26)22-8-5-14-28-25(22)34-21-11-9-20(10-12-21)30-24(33)19-7-4-6-18(16-19)17-32(2)3/h4-16H,17H2,1-3H3,(H,30,33)(H,27,29,31). The lowest BCUT2D eigenvalue weighted by molar-refractivity contribution is 0.102. The largest absolute Gasteiger partial charge is 0.438 e. The van der Waals surface area contributed by atoms with Crippen molar-refractivity contribution in [2.24, 2.45) is 0 Å². The van der Waals surface area contributed by atoms with Crippen LogP contribution in [-0.2, 0) is 6.54 Å². The van der Waals surface area contributed by atoms with Crippen molar-refractivity contribution < 1.29 is 9.53 Å². The van der Waals surface area contributed by atoms with Crippen molar-refractivity contribution in [3.8, 4) is 22.9 Å². The SMILES string of the molecule is CNc1nccc(-c2cccnc2Oc2ccc(NC(=O)c3cccc(CN(C)C)c3)cc2)n1. The second kappa shape index (κ2) is 10.5. The van der Waals surface area contributed by atoms with Crippen LogP contribution in [-0.4, -0.2) is 46.9 Å². The average Bonchev–Trinajstić information content (AvgIpc) is 2.85. The van der Waals surface area contributed by atoms with E-state index in [1.165, 1.54) is 0 Å². The number of rotatable bonds is 8. The van der Waals surface area contributed by atoms with Gasteiger partial charge >= 0.3 is 0 Å². The lowest BCUT2D eigenvalue weighted by Crippen LogP contribution is -2.14. The lowest BCUT2D eigenvalue weighted by atomic mass is 10.1. The van der Waals surface area contributed by atoms with Gasteiger partial charge in [-0.3, -0.25) is 4.79 Å². The quantitative estimate of drug-likeness (QED) is 0.399. The van der Waals surface area contributed by atoms with Crippen LogP contribution in [0.5, 0.6) is 11.6 Å². The lowest BCUT2D eigenvalue weighted by Gasteiger charge is -2.12. The number of anilines is 2. The molecule has 0 spiro atoms. The molecule has 34 heavy (non-hydrogen) atoms. The minimum atomic E-state index is -0.162. The number of amides is 1. The Kier molecular flexibility index (Phi) is 7.10. The van der Waals surface area contributed by atoms with Crippen LogP contribution in [0.2, 0.25) is 0 Å². The summed E-state index contributed by atoms with van der Waals surface area (Å²) >= 11 is 0. The molecule has 0 saturated carbocycles. The first-order valence-electron chi connectivity index (χ1n) is 10.8. The summed E-state index contributed by atoms with van der Waals surface area (Å²) in [5, 5.41) is 5.86. The second-order valence-electron chi connectivity index (χ2n) is 7.89. The molecule has 8 heteroatoms. The number of carbonyl (C=O) groups excluding carboxylic acids is 1. The van der Waals surface area contributed by atoms with E-state index >= 15 is 0 Å². The molecule has 0 unspecified atom stereocenters. The zero-order valence-electron chi connectivity index (χ0n) is 19.3. The predicted molar refractivity (Wildman–Crippen MR) is 133 cm³/mol. The van der Waals surface area contributed by atoms with E-state index in [0.717, 1.165) is 17.7 Å². The number of aromatic nitrogens is 3. The summed E-state index contributed by atoms with van der Waals surface area (Å²) in [6.45, 7) is 0.772. The molecule has 8 nitrogen and oxygen atoms in total. The minimum Gasteiger partial charge on any atom is -0.438 e. The Bertz CT molecular complexity index is 1270. The first kappa shape index (κ1) is 22.9. The molecule has 172 valence electrons. The predicted octanol–water partition coefficient (Wildman–Crippen LogP) is 4.69. The highest BCUT2D eigenvalue weighted by atomic mass is 16.5. The third kappa shape index (κ3) is 5.73. The third-order valence-corrected chi connectivity index (χ3v) is 4.94. The van der Waals surface area contributed by atoms with Crippen molar-refractivity contribution in [1.82, 2.24) is 19.9 Å². The van der Waals surface area contributed by atoms with Gasteiger partial charge < -0.3 is 20.3 Å². The first-order chi connectivity index (χ1) is 16.5. The van der Waals surface area contributed by atoms with E-state index < -0.39 is 0 Å². The minimum absolute atomic E-state index is 0.162. The summed E-state index contributed by atoms with van der Waals surface area (Å²) in [6.07, 6.45) is 3.34. The van der Waals surface area contributed by atoms with E-state index in [-0.39, 0.29) is 5.91 Å². The summed E-state index contributed by atoms with van der Waals surface area (Å²) in [7, 11) is 5.76. The Labute approximate surface area is 198 Å². The zero-order valence-corrected chi connectivity index (χ0v) is 19.3. The number of ether oxygens (including phenoxy) is 1. The van der Waals surface area contributed by atoms with Crippen LogP contribution in [0.3, 0.4) is 0 Å². The normalized spacial score (nSPS) is 10.7. The number of benzene rings is 2. The fourth-order valence-electron chi connectivity index (χ4n) is 3.39. The van der Waals surface area contributed by atoms with Gasteiger partial charge in [0.25, 0.3) is 5.91 Å². The maximum absolute atomic E-state index is 12.7. The van der Waals surface area contributed by atoms with Crippen LogP contribution in [0.15, 0.2) is 79.1 Å². The van der Waals surface area contributed by atoms with Crippen LogP contribution >= 0.6 is 0 Å². The molecule has 0 atom stereocenters. The van der Waals surface area contributed by atoms with Gasteiger partial charge in [0.15, 0.2) is 0 Å². The zero-order chi connectivity index (χ0) is 23.9. The smallest absolute Gasteiger partial charge is 0.255 e. The number of hydrogen-bond acceptors (Lipinski definition) is 7. The Morgan fingerprint density at radius 2 is 1.79 bits per heavy atom. The molecule has 2 aromatic carbocycles. The van der Waals surface area contributed by atoms with E-state index in [1.807, 2.05) is 44.4 Å². The van der Waals surface area contributed by atoms with Crippen molar-refractivity contribution in [3.63, 3.8) is 0 Å². The van der Waals surface area contributed by atoms with Gasteiger partial charge in [-0.2, -0.15) is 0 Å². The molecule has 1 amide bonds. The highest BCUT2D eigenvalue weighted by Gasteiger charge is 2.12. The van der Waals surface area contributed by atoms with Crippen LogP contribution in [0.4, 0.5) is 11.6 Å². The summed E-state index contributed by atoms with van der Waals surface area (Å²) in [6, 6.07) is 20.3. The summed E-state index contributed by atoms with van der Waals surface area (Å²) in [5.41, 5.74) is 3.81. The molecule has 2 heterocycles. The molecule has 0 aliphatic heterocycles. The van der Waals surface area contributed by atoms with Crippen LogP contribution in [0.25, 0.3) is 11.3 Å². The van der Waals surface area contributed by atoms with E-state index in [2.05, 4.69) is 30.5 Å². The summed E-state index contributed by atoms with van der Waals surface area (Å²) in [4.78, 5) is 27.7. The molecular formula is C26H26N6O2. The van der Waals surface area contributed by atoms with E-state index in [4.69, 9.17) is 4.74 Å². The Morgan fingerprint density at radius 1 is 0.971 bits per heavy atom. The molecule has 0 saturated heterocycles. The number of pyridine rings is 1. The molecule has 0 bridgehead atoms. The fourth-order valence-corrected chi connectivity index (χ4v) is 3.39. The molecule has 2 aromatic heterocycles. The summed E-state index contributed by atoms with van der Waals surface area (Å²) < 4.78 is 6.03. The van der Waals surface area contributed by atoms with Crippen molar-refractivity contribution in [3.05, 3.63) is 90.3 Å². The van der Waals surface area contributed by atoms with Gasteiger partial charge in [0.05, 0.1) is 11.3 Å². The van der Waals surface area contributed by atoms with Crippen LogP contribution in [0, 0.1) is 0 Å². The van der Waals surface area contributed by atoms with Gasteiger partial charge in [0, 0.05) is 37.2 Å². The highest BCUT2D eigenvalue weighted by Crippen LogP contribution is 2.31. The summed E-state index contributed by atoms with van der Waals surface area (Å²) in [5.74, 6) is 1.37. The topological polar surface area (TPSA) is 92.3 Å². The first-order valence-corrected chi connectivity index (χ1v) is 10.8. The molecule has 0 radical (unpaired) electrons. The number of hydrogen-bond donors (Lipinski definition) is 2. The number of nitrogens with one attached hydrogen (secondary N) is 2. The Hall–Kier alpha value is -4.30. The number of carbonyl (C=O) groups is 1. The van der Waals surface area contributed by atoms with Crippen molar-refractivity contribution in [2.45, 2.75) is 6.54 Å². The molecular weight excluding hydrogens is 428 g/mol. The van der Waals surface area contributed by atoms with Gasteiger partial charge in [0.1, 0.15) is 5.75 Å². The molecule has 0 aliphatic carbocycles. The van der Waals surface area contributed by atoms with Gasteiger partial charge in [-0.15, -0.1) is 0 Å². The molecule has 4 aromatic rings. The molecule has 2 N–H and O–H groups in total. The van der Waals surface area contributed by atoms with E-state index in [9.17, 15) is 4.79 Å².